The summed E-state index contributed by atoms with van der Waals surface area (Å²) in [6.07, 6.45) is 0. The molecule has 142 valence electrons. The van der Waals surface area contributed by atoms with Gasteiger partial charge in [-0.15, -0.1) is 0 Å². The predicted molar refractivity (Wildman–Crippen MR) is 111 cm³/mol. The van der Waals surface area contributed by atoms with Crippen molar-refractivity contribution >= 4 is 37.1 Å². The van der Waals surface area contributed by atoms with Gasteiger partial charge in [0.25, 0.3) is 15.2 Å². The molecule has 0 aliphatic heterocycles. The minimum absolute atomic E-state index is 0.251. The standard InChI is InChI=1S/C14H22N6O2P2S2/c15-23(16,21)19(11-13-7-3-1-4-8-13)25-26-20(24(17,18)22)12-14-9-5-2-6-10-14/h1-10H,11-12H2,(H4,15,16,21)(H4,17,18,22). The lowest BCUT2D eigenvalue weighted by Gasteiger charge is -2.28. The molecule has 2 rings (SSSR count). The van der Waals surface area contributed by atoms with Crippen LogP contribution in [0.4, 0.5) is 0 Å². The molecule has 8 nitrogen and oxygen atoms in total. The Labute approximate surface area is 161 Å². The first-order chi connectivity index (χ1) is 12.2. The van der Waals surface area contributed by atoms with Crippen molar-refractivity contribution in [2.24, 2.45) is 22.0 Å². The van der Waals surface area contributed by atoms with E-state index in [2.05, 4.69) is 0 Å². The van der Waals surface area contributed by atoms with E-state index in [9.17, 15) is 9.13 Å². The Morgan fingerprint density at radius 2 is 0.962 bits per heavy atom. The van der Waals surface area contributed by atoms with Gasteiger partial charge in [-0.2, -0.15) is 8.15 Å². The van der Waals surface area contributed by atoms with Gasteiger partial charge in [0.05, 0.1) is 0 Å². The van der Waals surface area contributed by atoms with E-state index in [0.29, 0.717) is 0 Å². The van der Waals surface area contributed by atoms with E-state index in [1.54, 1.807) is 0 Å². The second kappa shape index (κ2) is 9.52. The van der Waals surface area contributed by atoms with E-state index in [1.807, 2.05) is 60.7 Å². The highest BCUT2D eigenvalue weighted by Crippen LogP contribution is 2.51. The van der Waals surface area contributed by atoms with Crippen LogP contribution in [0.1, 0.15) is 11.1 Å². The minimum atomic E-state index is -3.55. The second-order valence-electron chi connectivity index (χ2n) is 5.49. The van der Waals surface area contributed by atoms with Gasteiger partial charge in [-0.05, 0) is 11.1 Å². The minimum Gasteiger partial charge on any atom is -0.270 e. The van der Waals surface area contributed by atoms with E-state index >= 15 is 0 Å². The van der Waals surface area contributed by atoms with Crippen LogP contribution in [-0.4, -0.2) is 8.15 Å². The summed E-state index contributed by atoms with van der Waals surface area (Å²) < 4.78 is 27.2. The van der Waals surface area contributed by atoms with Crippen molar-refractivity contribution in [2.75, 3.05) is 0 Å². The van der Waals surface area contributed by atoms with Crippen molar-refractivity contribution in [1.29, 1.82) is 0 Å². The number of hydrogen-bond donors (Lipinski definition) is 4. The SMILES string of the molecule is NP(N)(=O)N(Cc1ccccc1)SSN(Cc1ccccc1)P(N)(N)=O. The number of benzene rings is 2. The molecule has 0 heterocycles. The lowest BCUT2D eigenvalue weighted by Crippen LogP contribution is -2.25. The van der Waals surface area contributed by atoms with Gasteiger partial charge in [0.2, 0.25) is 0 Å². The highest BCUT2D eigenvalue weighted by Gasteiger charge is 2.28. The first-order valence-corrected chi connectivity index (χ1v) is 13.2. The lowest BCUT2D eigenvalue weighted by atomic mass is 10.2. The molecular formula is C14H22N6O2P2S2. The quantitative estimate of drug-likeness (QED) is 0.265. The molecule has 2 aromatic rings. The van der Waals surface area contributed by atoms with Crippen molar-refractivity contribution in [2.45, 2.75) is 13.1 Å². The van der Waals surface area contributed by atoms with E-state index in [-0.39, 0.29) is 13.1 Å². The maximum Gasteiger partial charge on any atom is 0.286 e. The molecule has 12 heteroatoms. The van der Waals surface area contributed by atoms with Crippen LogP contribution in [0.5, 0.6) is 0 Å². The average Bonchev–Trinajstić information content (AvgIpc) is 2.57. The Morgan fingerprint density at radius 1 is 0.654 bits per heavy atom. The zero-order valence-corrected chi connectivity index (χ0v) is 17.3. The van der Waals surface area contributed by atoms with E-state index in [1.165, 1.54) is 8.15 Å². The fraction of sp³-hybridized carbons (Fsp3) is 0.143. The lowest BCUT2D eigenvalue weighted by molar-refractivity contribution is 0.531. The van der Waals surface area contributed by atoms with Gasteiger partial charge in [0.15, 0.2) is 0 Å². The summed E-state index contributed by atoms with van der Waals surface area (Å²) in [7, 11) is -5.09. The van der Waals surface area contributed by atoms with Crippen molar-refractivity contribution in [3.63, 3.8) is 0 Å². The van der Waals surface area contributed by atoms with Crippen LogP contribution in [-0.2, 0) is 22.2 Å². The van der Waals surface area contributed by atoms with Crippen molar-refractivity contribution in [3.8, 4) is 0 Å². The van der Waals surface area contributed by atoms with Crippen LogP contribution in [0.3, 0.4) is 0 Å². The van der Waals surface area contributed by atoms with E-state index < -0.39 is 15.2 Å². The zero-order chi connectivity index (χ0) is 19.2. The molecule has 2 aromatic carbocycles. The van der Waals surface area contributed by atoms with Gasteiger partial charge in [-0.1, -0.05) is 60.7 Å². The molecule has 0 aromatic heterocycles. The molecule has 0 atom stereocenters. The fourth-order valence-corrected chi connectivity index (χ4v) is 7.28. The summed E-state index contributed by atoms with van der Waals surface area (Å²) in [6.45, 7) is 0.503. The van der Waals surface area contributed by atoms with Crippen LogP contribution in [0, 0.1) is 0 Å². The molecule has 0 bridgehead atoms. The Balaban J connectivity index is 2.10. The van der Waals surface area contributed by atoms with Crippen LogP contribution in [0.2, 0.25) is 0 Å². The van der Waals surface area contributed by atoms with Gasteiger partial charge in [-0.3, -0.25) is 31.1 Å². The molecule has 0 amide bonds. The molecule has 0 aliphatic carbocycles. The van der Waals surface area contributed by atoms with E-state index in [0.717, 1.165) is 33.1 Å². The highest BCUT2D eigenvalue weighted by molar-refractivity contribution is 8.76. The second-order valence-corrected chi connectivity index (χ2v) is 11.8. The molecule has 8 N–H and O–H groups in total. The largest absolute Gasteiger partial charge is 0.286 e. The average molecular weight is 432 g/mol. The molecule has 0 saturated carbocycles. The smallest absolute Gasteiger partial charge is 0.270 e. The Morgan fingerprint density at radius 3 is 1.23 bits per heavy atom. The van der Waals surface area contributed by atoms with E-state index in [4.69, 9.17) is 22.0 Å². The summed E-state index contributed by atoms with van der Waals surface area (Å²) in [4.78, 5) is 0. The predicted octanol–water partition coefficient (Wildman–Crippen LogP) is 3.25. The fourth-order valence-electron chi connectivity index (χ4n) is 1.93. The molecule has 0 aliphatic rings. The van der Waals surface area contributed by atoms with Crippen LogP contribution in [0.15, 0.2) is 60.7 Å². The number of nitrogens with zero attached hydrogens (tertiary/aromatic N) is 2. The first-order valence-electron chi connectivity index (χ1n) is 7.49. The number of hydrogen-bond acceptors (Lipinski definition) is 4. The third kappa shape index (κ3) is 7.17. The summed E-state index contributed by atoms with van der Waals surface area (Å²) in [5.74, 6) is 0. The van der Waals surface area contributed by atoms with Crippen molar-refractivity contribution < 1.29 is 9.13 Å². The highest BCUT2D eigenvalue weighted by atomic mass is 33.1. The Kier molecular flexibility index (Phi) is 7.93. The maximum absolute atomic E-state index is 12.2. The van der Waals surface area contributed by atoms with Crippen molar-refractivity contribution in [1.82, 2.24) is 8.15 Å². The topological polar surface area (TPSA) is 145 Å². The molecule has 0 fully saturated rings. The molecule has 0 radical (unpaired) electrons. The molecule has 0 unspecified atom stereocenters. The third-order valence-electron chi connectivity index (χ3n) is 3.22. The monoisotopic (exact) mass is 432 g/mol. The normalized spacial score (nSPS) is 12.7. The maximum atomic E-state index is 12.2. The zero-order valence-electron chi connectivity index (χ0n) is 13.9. The summed E-state index contributed by atoms with van der Waals surface area (Å²) in [5, 5.41) is 0. The van der Waals surface area contributed by atoms with Gasteiger partial charge in [-0.25, -0.2) is 0 Å². The van der Waals surface area contributed by atoms with Crippen LogP contribution >= 0.6 is 37.1 Å². The number of nitrogens with two attached hydrogens (primary N) is 4. The molecule has 0 saturated heterocycles. The van der Waals surface area contributed by atoms with Gasteiger partial charge < -0.3 is 0 Å². The van der Waals surface area contributed by atoms with Crippen molar-refractivity contribution in [3.05, 3.63) is 71.8 Å². The Bertz CT molecular complexity index is 719. The number of rotatable bonds is 9. The van der Waals surface area contributed by atoms with Crippen LogP contribution in [0.25, 0.3) is 0 Å². The van der Waals surface area contributed by atoms with Crippen LogP contribution < -0.4 is 22.0 Å². The van der Waals surface area contributed by atoms with Gasteiger partial charge >= 0.3 is 0 Å². The third-order valence-corrected chi connectivity index (χ3v) is 9.53. The molecule has 0 spiro atoms. The Hall–Kier alpha value is -0.640. The summed E-state index contributed by atoms with van der Waals surface area (Å²) >= 11 is 0. The molecular weight excluding hydrogens is 410 g/mol. The van der Waals surface area contributed by atoms with Gasteiger partial charge in [0, 0.05) is 35.0 Å². The first kappa shape index (κ1) is 21.7. The van der Waals surface area contributed by atoms with Gasteiger partial charge in [0.1, 0.15) is 0 Å². The summed E-state index contributed by atoms with van der Waals surface area (Å²) in [5.41, 5.74) is 24.4. The molecule has 26 heavy (non-hydrogen) atoms. The summed E-state index contributed by atoms with van der Waals surface area (Å²) in [6, 6.07) is 18.7.